The Morgan fingerprint density at radius 2 is 2.05 bits per heavy atom. The minimum Gasteiger partial charge on any atom is -0.313 e. The number of anilines is 1. The Bertz CT molecular complexity index is 637. The topological polar surface area (TPSA) is 127 Å². The Kier molecular flexibility index (Phi) is 3.19. The predicted octanol–water partition coefficient (Wildman–Crippen LogP) is 0.977. The van der Waals surface area contributed by atoms with Gasteiger partial charge in [0.2, 0.25) is 0 Å². The first-order chi connectivity index (χ1) is 8.99. The van der Waals surface area contributed by atoms with Crippen LogP contribution >= 0.6 is 0 Å². The number of carbonyl (C=O) groups is 1. The molecule has 0 aliphatic heterocycles. The van der Waals surface area contributed by atoms with Crippen LogP contribution in [-0.2, 0) is 0 Å². The number of nitro groups is 1. The normalized spacial score (nSPS) is 10.2. The van der Waals surface area contributed by atoms with Crippen molar-refractivity contribution in [2.45, 2.75) is 13.8 Å². The molecule has 0 saturated heterocycles. The number of aromatic nitrogens is 4. The minimum atomic E-state index is -0.667. The van der Waals surface area contributed by atoms with E-state index in [9.17, 15) is 14.9 Å². The fourth-order valence-corrected chi connectivity index (χ4v) is 1.49. The smallest absolute Gasteiger partial charge is 0.297 e. The molecule has 19 heavy (non-hydrogen) atoms. The number of aryl methyl sites for hydroxylation is 2. The van der Waals surface area contributed by atoms with Crippen LogP contribution in [0.3, 0.4) is 0 Å². The summed E-state index contributed by atoms with van der Waals surface area (Å²) in [4.78, 5) is 22.1. The van der Waals surface area contributed by atoms with Crippen molar-refractivity contribution in [3.05, 3.63) is 39.2 Å². The zero-order chi connectivity index (χ0) is 14.0. The van der Waals surface area contributed by atoms with Gasteiger partial charge in [0.15, 0.2) is 0 Å². The largest absolute Gasteiger partial charge is 0.313 e. The van der Waals surface area contributed by atoms with Gasteiger partial charge in [-0.15, -0.1) is 10.2 Å². The van der Waals surface area contributed by atoms with Gasteiger partial charge in [0.1, 0.15) is 5.69 Å². The standard InChI is InChI=1S/C10H10N6O3/c1-5-3-7(8(16(18)19)4-6(5)2)11-10(17)9-12-14-15-13-9/h3-4H,1-2H3,(H,11,17)(H,12,13,14,15). The van der Waals surface area contributed by atoms with Gasteiger partial charge >= 0.3 is 0 Å². The van der Waals surface area contributed by atoms with Crippen LogP contribution in [0, 0.1) is 24.0 Å². The molecule has 1 amide bonds. The van der Waals surface area contributed by atoms with E-state index in [0.717, 1.165) is 11.1 Å². The predicted molar refractivity (Wildman–Crippen MR) is 64.7 cm³/mol. The molecule has 98 valence electrons. The summed E-state index contributed by atoms with van der Waals surface area (Å²) >= 11 is 0. The summed E-state index contributed by atoms with van der Waals surface area (Å²) < 4.78 is 0. The number of hydrogen-bond acceptors (Lipinski definition) is 6. The highest BCUT2D eigenvalue weighted by molar-refractivity contribution is 6.02. The number of nitrogens with zero attached hydrogens (tertiary/aromatic N) is 4. The number of hydrogen-bond donors (Lipinski definition) is 2. The van der Waals surface area contributed by atoms with E-state index in [-0.39, 0.29) is 17.2 Å². The molecule has 0 aliphatic rings. The van der Waals surface area contributed by atoms with Crippen molar-refractivity contribution in [2.24, 2.45) is 0 Å². The van der Waals surface area contributed by atoms with Gasteiger partial charge in [-0.3, -0.25) is 14.9 Å². The molecule has 1 aromatic carbocycles. The van der Waals surface area contributed by atoms with Gasteiger partial charge in [0.05, 0.1) is 4.92 Å². The number of amides is 1. The highest BCUT2D eigenvalue weighted by Crippen LogP contribution is 2.28. The summed E-state index contributed by atoms with van der Waals surface area (Å²) in [6.07, 6.45) is 0. The number of benzene rings is 1. The van der Waals surface area contributed by atoms with Crippen molar-refractivity contribution >= 4 is 17.3 Å². The first kappa shape index (κ1) is 12.6. The second-order valence-corrected chi connectivity index (χ2v) is 3.90. The monoisotopic (exact) mass is 262 g/mol. The van der Waals surface area contributed by atoms with Crippen LogP contribution in [-0.4, -0.2) is 31.5 Å². The van der Waals surface area contributed by atoms with Crippen LogP contribution in [0.4, 0.5) is 11.4 Å². The first-order valence-corrected chi connectivity index (χ1v) is 5.29. The maximum Gasteiger partial charge on any atom is 0.297 e. The van der Waals surface area contributed by atoms with Crippen LogP contribution in [0.25, 0.3) is 0 Å². The zero-order valence-corrected chi connectivity index (χ0v) is 10.2. The van der Waals surface area contributed by atoms with E-state index in [1.165, 1.54) is 12.1 Å². The molecule has 0 spiro atoms. The molecule has 0 atom stereocenters. The van der Waals surface area contributed by atoms with Crippen LogP contribution in [0.5, 0.6) is 0 Å². The summed E-state index contributed by atoms with van der Waals surface area (Å²) in [6.45, 7) is 3.55. The number of H-pyrrole nitrogens is 1. The van der Waals surface area contributed by atoms with Gasteiger partial charge < -0.3 is 5.32 Å². The molecule has 1 aromatic heterocycles. The average Bonchev–Trinajstić information content (AvgIpc) is 2.86. The lowest BCUT2D eigenvalue weighted by Gasteiger charge is -2.07. The third-order valence-electron chi connectivity index (χ3n) is 2.61. The molecule has 0 unspecified atom stereocenters. The molecule has 0 fully saturated rings. The van der Waals surface area contributed by atoms with Crippen LogP contribution in [0.2, 0.25) is 0 Å². The molecular weight excluding hydrogens is 252 g/mol. The van der Waals surface area contributed by atoms with Gasteiger partial charge in [-0.05, 0) is 36.3 Å². The Labute approximate surface area is 107 Å². The van der Waals surface area contributed by atoms with Crippen molar-refractivity contribution < 1.29 is 9.72 Å². The Morgan fingerprint density at radius 1 is 1.37 bits per heavy atom. The SMILES string of the molecule is Cc1cc(NC(=O)c2nn[nH]n2)c([N+](=O)[O-])cc1C. The summed E-state index contributed by atoms with van der Waals surface area (Å²) in [7, 11) is 0. The molecule has 0 radical (unpaired) electrons. The maximum atomic E-state index is 11.7. The van der Waals surface area contributed by atoms with Crippen LogP contribution in [0.1, 0.15) is 21.7 Å². The van der Waals surface area contributed by atoms with E-state index >= 15 is 0 Å². The molecule has 2 N–H and O–H groups in total. The van der Waals surface area contributed by atoms with Gasteiger partial charge in [-0.2, -0.15) is 5.21 Å². The van der Waals surface area contributed by atoms with E-state index in [0.29, 0.717) is 0 Å². The summed E-state index contributed by atoms with van der Waals surface area (Å²) in [5, 5.41) is 25.7. The number of rotatable bonds is 3. The highest BCUT2D eigenvalue weighted by atomic mass is 16.6. The lowest BCUT2D eigenvalue weighted by molar-refractivity contribution is -0.384. The lowest BCUT2D eigenvalue weighted by Crippen LogP contribution is -2.15. The highest BCUT2D eigenvalue weighted by Gasteiger charge is 2.19. The number of carbonyl (C=O) groups excluding carboxylic acids is 1. The van der Waals surface area contributed by atoms with Crippen molar-refractivity contribution in [1.82, 2.24) is 20.6 Å². The van der Waals surface area contributed by atoms with Crippen molar-refractivity contribution in [1.29, 1.82) is 0 Å². The third-order valence-corrected chi connectivity index (χ3v) is 2.61. The molecule has 0 bridgehead atoms. The molecule has 9 nitrogen and oxygen atoms in total. The van der Waals surface area contributed by atoms with Crippen molar-refractivity contribution in [3.8, 4) is 0 Å². The molecule has 0 aliphatic carbocycles. The summed E-state index contributed by atoms with van der Waals surface area (Å²) in [5.74, 6) is -0.854. The molecule has 2 rings (SSSR count). The van der Waals surface area contributed by atoms with E-state index in [1.807, 2.05) is 0 Å². The molecule has 0 saturated carbocycles. The Hall–Kier alpha value is -2.84. The van der Waals surface area contributed by atoms with Gasteiger partial charge in [-0.25, -0.2) is 0 Å². The van der Waals surface area contributed by atoms with E-state index in [2.05, 4.69) is 25.9 Å². The van der Waals surface area contributed by atoms with Crippen molar-refractivity contribution in [3.63, 3.8) is 0 Å². The Morgan fingerprint density at radius 3 is 2.63 bits per heavy atom. The quantitative estimate of drug-likeness (QED) is 0.626. The number of nitro benzene ring substituents is 1. The fourth-order valence-electron chi connectivity index (χ4n) is 1.49. The van der Waals surface area contributed by atoms with Gasteiger partial charge in [-0.1, -0.05) is 0 Å². The summed E-state index contributed by atoms with van der Waals surface area (Å²) in [6, 6.07) is 2.94. The maximum absolute atomic E-state index is 11.7. The fraction of sp³-hybridized carbons (Fsp3) is 0.200. The number of nitrogens with one attached hydrogen (secondary N) is 2. The van der Waals surface area contributed by atoms with E-state index in [4.69, 9.17) is 0 Å². The minimum absolute atomic E-state index is 0.0999. The second-order valence-electron chi connectivity index (χ2n) is 3.90. The molecule has 2 aromatic rings. The third kappa shape index (κ3) is 2.54. The second kappa shape index (κ2) is 4.80. The average molecular weight is 262 g/mol. The summed E-state index contributed by atoms with van der Waals surface area (Å²) in [5.41, 5.74) is 1.51. The number of aromatic amines is 1. The van der Waals surface area contributed by atoms with Gasteiger partial charge in [0, 0.05) is 6.07 Å². The number of tetrazole rings is 1. The zero-order valence-electron chi connectivity index (χ0n) is 10.2. The molecular formula is C10H10N6O3. The van der Waals surface area contributed by atoms with Crippen molar-refractivity contribution in [2.75, 3.05) is 5.32 Å². The van der Waals surface area contributed by atoms with Gasteiger partial charge in [0.25, 0.3) is 17.4 Å². The molecule has 9 heteroatoms. The molecule has 1 heterocycles. The van der Waals surface area contributed by atoms with E-state index < -0.39 is 10.8 Å². The lowest BCUT2D eigenvalue weighted by atomic mass is 10.1. The van der Waals surface area contributed by atoms with E-state index in [1.54, 1.807) is 13.8 Å². The van der Waals surface area contributed by atoms with Crippen LogP contribution < -0.4 is 5.32 Å². The first-order valence-electron chi connectivity index (χ1n) is 5.29. The van der Waals surface area contributed by atoms with Crippen LogP contribution in [0.15, 0.2) is 12.1 Å². The Balaban J connectivity index is 2.36.